The number of amides is 1. The van der Waals surface area contributed by atoms with E-state index in [-0.39, 0.29) is 22.8 Å². The lowest BCUT2D eigenvalue weighted by Crippen LogP contribution is -2.16. The topological polar surface area (TPSA) is 76.4 Å². The summed E-state index contributed by atoms with van der Waals surface area (Å²) in [5, 5.41) is 6.37. The first-order chi connectivity index (χ1) is 15.1. The first-order valence-corrected chi connectivity index (χ1v) is 10.1. The molecule has 0 saturated heterocycles. The Balaban J connectivity index is 1.75. The Morgan fingerprint density at radius 1 is 1.03 bits per heavy atom. The smallest absolute Gasteiger partial charge is 0.321 e. The van der Waals surface area contributed by atoms with Crippen molar-refractivity contribution in [2.75, 3.05) is 5.32 Å². The number of carbonyl (C=O) groups is 2. The number of rotatable bonds is 4. The van der Waals surface area contributed by atoms with E-state index in [0.29, 0.717) is 21.3 Å². The van der Waals surface area contributed by atoms with Crippen LogP contribution in [0.1, 0.15) is 33.5 Å². The molecule has 0 saturated carbocycles. The molecule has 1 amide bonds. The Kier molecular flexibility index (Phi) is 5.55. The summed E-state index contributed by atoms with van der Waals surface area (Å²) in [7, 11) is 0. The van der Waals surface area contributed by atoms with Crippen molar-refractivity contribution < 1.29 is 22.8 Å². The number of Topliss-reactive ketones (excluding diaryl/α,β-unsaturated/α-hetero) is 1. The Labute approximate surface area is 188 Å². The van der Waals surface area contributed by atoms with Crippen molar-refractivity contribution in [3.05, 3.63) is 82.1 Å². The van der Waals surface area contributed by atoms with Gasteiger partial charge in [-0.3, -0.25) is 9.59 Å². The third-order valence-electron chi connectivity index (χ3n) is 4.62. The molecule has 0 atom stereocenters. The molecule has 6 nitrogen and oxygen atoms in total. The van der Waals surface area contributed by atoms with E-state index in [9.17, 15) is 22.8 Å². The average Bonchev–Trinajstić information content (AvgIpc) is 3.17. The van der Waals surface area contributed by atoms with Crippen molar-refractivity contribution in [3.8, 4) is 11.3 Å². The second-order valence-corrected chi connectivity index (χ2v) is 7.84. The first kappa shape index (κ1) is 21.7. The first-order valence-electron chi connectivity index (χ1n) is 9.28. The fourth-order valence-corrected chi connectivity index (χ4v) is 3.33. The van der Waals surface area contributed by atoms with Gasteiger partial charge in [0.25, 0.3) is 5.91 Å². The highest BCUT2D eigenvalue weighted by Gasteiger charge is 2.35. The maximum atomic E-state index is 13.7. The van der Waals surface area contributed by atoms with Crippen molar-refractivity contribution in [2.24, 2.45) is 0 Å². The van der Waals surface area contributed by atoms with Crippen LogP contribution in [0.2, 0.25) is 0 Å². The third kappa shape index (κ3) is 4.40. The standard InChI is InChI=1S/C22H14BrF3N4O2/c1-12(31)14-3-2-4-16(9-14)27-21(32)18-11-20-28-17(13-5-7-15(23)8-6-13)10-19(22(24,25)26)30(20)29-18/h2-11H,1H3,(H,27,32). The Morgan fingerprint density at radius 3 is 2.41 bits per heavy atom. The number of carbonyl (C=O) groups excluding carboxylic acids is 2. The van der Waals surface area contributed by atoms with Gasteiger partial charge in [0, 0.05) is 27.4 Å². The SMILES string of the molecule is CC(=O)c1cccc(NC(=O)c2cc3nc(-c4ccc(Br)cc4)cc(C(F)(F)F)n3n2)c1. The number of halogens is 4. The predicted molar refractivity (Wildman–Crippen MR) is 116 cm³/mol. The molecule has 1 N–H and O–H groups in total. The summed E-state index contributed by atoms with van der Waals surface area (Å²) >= 11 is 3.29. The lowest BCUT2D eigenvalue weighted by molar-refractivity contribution is -0.142. The number of nitrogens with zero attached hydrogens (tertiary/aromatic N) is 3. The molecule has 2 aromatic carbocycles. The van der Waals surface area contributed by atoms with E-state index in [4.69, 9.17) is 0 Å². The quantitative estimate of drug-likeness (QED) is 0.366. The third-order valence-corrected chi connectivity index (χ3v) is 5.15. The van der Waals surface area contributed by atoms with Crippen LogP contribution in [0.4, 0.5) is 18.9 Å². The molecule has 0 radical (unpaired) electrons. The second kappa shape index (κ2) is 8.19. The summed E-state index contributed by atoms with van der Waals surface area (Å²) in [5.74, 6) is -0.914. The molecule has 4 rings (SSSR count). The highest BCUT2D eigenvalue weighted by atomic mass is 79.9. The Morgan fingerprint density at radius 2 is 1.75 bits per heavy atom. The number of aromatic nitrogens is 3. The highest BCUT2D eigenvalue weighted by Crippen LogP contribution is 2.32. The van der Waals surface area contributed by atoms with E-state index in [2.05, 4.69) is 31.3 Å². The van der Waals surface area contributed by atoms with Crippen LogP contribution >= 0.6 is 15.9 Å². The van der Waals surface area contributed by atoms with Crippen molar-refractivity contribution in [3.63, 3.8) is 0 Å². The second-order valence-electron chi connectivity index (χ2n) is 6.92. The largest absolute Gasteiger partial charge is 0.433 e. The van der Waals surface area contributed by atoms with Crippen molar-refractivity contribution in [1.82, 2.24) is 14.6 Å². The Bertz CT molecular complexity index is 1350. The van der Waals surface area contributed by atoms with Crippen LogP contribution in [0.25, 0.3) is 16.9 Å². The molecule has 0 unspecified atom stereocenters. The van der Waals surface area contributed by atoms with Gasteiger partial charge in [-0.05, 0) is 37.3 Å². The molecule has 4 aromatic rings. The fourth-order valence-electron chi connectivity index (χ4n) is 3.07. The zero-order valence-corrected chi connectivity index (χ0v) is 18.0. The van der Waals surface area contributed by atoms with E-state index in [1.165, 1.54) is 19.1 Å². The number of hydrogen-bond acceptors (Lipinski definition) is 4. The summed E-state index contributed by atoms with van der Waals surface area (Å²) in [5.41, 5.74) is -0.146. The number of ketones is 1. The number of alkyl halides is 3. The minimum atomic E-state index is -4.72. The van der Waals surface area contributed by atoms with Crippen molar-refractivity contribution in [2.45, 2.75) is 13.1 Å². The molecule has 2 heterocycles. The van der Waals surface area contributed by atoms with E-state index in [0.717, 1.165) is 10.5 Å². The van der Waals surface area contributed by atoms with Gasteiger partial charge in [0.1, 0.15) is 0 Å². The van der Waals surface area contributed by atoms with Crippen molar-refractivity contribution in [1.29, 1.82) is 0 Å². The Hall–Kier alpha value is -3.53. The maximum Gasteiger partial charge on any atom is 0.433 e. The van der Waals surface area contributed by atoms with Crippen LogP contribution in [0.3, 0.4) is 0 Å². The van der Waals surface area contributed by atoms with Gasteiger partial charge in [0.15, 0.2) is 22.8 Å². The number of nitrogens with one attached hydrogen (secondary N) is 1. The highest BCUT2D eigenvalue weighted by molar-refractivity contribution is 9.10. The number of benzene rings is 2. The lowest BCUT2D eigenvalue weighted by atomic mass is 10.1. The molecule has 0 spiro atoms. The molecular weight excluding hydrogens is 489 g/mol. The maximum absolute atomic E-state index is 13.7. The van der Waals surface area contributed by atoms with Gasteiger partial charge in [0.05, 0.1) is 5.69 Å². The zero-order chi connectivity index (χ0) is 23.0. The normalized spacial score (nSPS) is 11.5. The van der Waals surface area contributed by atoms with Gasteiger partial charge in [-0.2, -0.15) is 18.3 Å². The monoisotopic (exact) mass is 502 g/mol. The minimum Gasteiger partial charge on any atom is -0.321 e. The van der Waals surface area contributed by atoms with Crippen molar-refractivity contribution >= 4 is 39.0 Å². The van der Waals surface area contributed by atoms with E-state index >= 15 is 0 Å². The van der Waals surface area contributed by atoms with Crippen LogP contribution in [0.15, 0.2) is 65.1 Å². The van der Waals surface area contributed by atoms with Crippen LogP contribution in [-0.4, -0.2) is 26.3 Å². The molecule has 0 aliphatic carbocycles. The van der Waals surface area contributed by atoms with Gasteiger partial charge in [0.2, 0.25) is 0 Å². The molecule has 0 aliphatic heterocycles. The van der Waals surface area contributed by atoms with Gasteiger partial charge in [-0.15, -0.1) is 0 Å². The van der Waals surface area contributed by atoms with E-state index in [1.54, 1.807) is 42.5 Å². The number of anilines is 1. The summed E-state index contributed by atoms with van der Waals surface area (Å²) in [6.45, 7) is 1.39. The fraction of sp³-hybridized carbons (Fsp3) is 0.0909. The van der Waals surface area contributed by atoms with Crippen LogP contribution in [-0.2, 0) is 6.18 Å². The van der Waals surface area contributed by atoms with Gasteiger partial charge < -0.3 is 5.32 Å². The molecule has 32 heavy (non-hydrogen) atoms. The molecule has 162 valence electrons. The van der Waals surface area contributed by atoms with Crippen LogP contribution in [0, 0.1) is 0 Å². The van der Waals surface area contributed by atoms with Crippen LogP contribution < -0.4 is 5.32 Å². The zero-order valence-electron chi connectivity index (χ0n) is 16.4. The van der Waals surface area contributed by atoms with Gasteiger partial charge >= 0.3 is 6.18 Å². The number of fused-ring (bicyclic) bond motifs is 1. The summed E-state index contributed by atoms with van der Waals surface area (Å²) in [4.78, 5) is 28.4. The molecule has 0 fully saturated rings. The van der Waals surface area contributed by atoms with E-state index < -0.39 is 17.8 Å². The van der Waals surface area contributed by atoms with Gasteiger partial charge in [-0.25, -0.2) is 9.50 Å². The molecule has 10 heteroatoms. The lowest BCUT2D eigenvalue weighted by Gasteiger charge is -2.11. The van der Waals surface area contributed by atoms with Gasteiger partial charge in [-0.1, -0.05) is 40.2 Å². The minimum absolute atomic E-state index is 0.0957. The molecular formula is C22H14BrF3N4O2. The van der Waals surface area contributed by atoms with Crippen LogP contribution in [0.5, 0.6) is 0 Å². The number of hydrogen-bond donors (Lipinski definition) is 1. The molecule has 2 aromatic heterocycles. The summed E-state index contributed by atoms with van der Waals surface area (Å²) in [6, 6.07) is 14.9. The molecule has 0 aliphatic rings. The average molecular weight is 503 g/mol. The summed E-state index contributed by atoms with van der Waals surface area (Å²) < 4.78 is 42.6. The van der Waals surface area contributed by atoms with E-state index in [1.807, 2.05) is 0 Å². The summed E-state index contributed by atoms with van der Waals surface area (Å²) in [6.07, 6.45) is -4.72. The molecule has 0 bridgehead atoms. The predicted octanol–water partition coefficient (Wildman–Crippen LogP) is 5.63.